The monoisotopic (exact) mass is 258 g/mol. The summed E-state index contributed by atoms with van der Waals surface area (Å²) in [5.41, 5.74) is 0.741. The molecule has 96 valence electrons. The Bertz CT molecular complexity index is 392. The SMILES string of the molecule is COCC(O)CN(C)C(=O)c1sc(C)nc1C. The molecule has 0 spiro atoms. The first-order valence-electron chi connectivity index (χ1n) is 5.32. The van der Waals surface area contributed by atoms with Gasteiger partial charge in [0.05, 0.1) is 23.4 Å². The van der Waals surface area contributed by atoms with Crippen LogP contribution in [0, 0.1) is 13.8 Å². The number of rotatable bonds is 5. The Balaban J connectivity index is 2.66. The van der Waals surface area contributed by atoms with Gasteiger partial charge in [0, 0.05) is 20.7 Å². The Morgan fingerprint density at radius 2 is 2.24 bits per heavy atom. The number of thiazole rings is 1. The summed E-state index contributed by atoms with van der Waals surface area (Å²) < 4.78 is 4.82. The normalized spacial score (nSPS) is 12.5. The maximum Gasteiger partial charge on any atom is 0.265 e. The molecule has 0 saturated heterocycles. The lowest BCUT2D eigenvalue weighted by Gasteiger charge is -2.19. The van der Waals surface area contributed by atoms with E-state index >= 15 is 0 Å². The summed E-state index contributed by atoms with van der Waals surface area (Å²) in [6.07, 6.45) is -0.664. The molecule has 0 saturated carbocycles. The Kier molecular flexibility index (Phi) is 5.04. The van der Waals surface area contributed by atoms with E-state index in [4.69, 9.17) is 4.74 Å². The average Bonchev–Trinajstić information content (AvgIpc) is 2.56. The lowest BCUT2D eigenvalue weighted by atomic mass is 10.3. The van der Waals surface area contributed by atoms with Gasteiger partial charge in [0.2, 0.25) is 0 Å². The third-order valence-electron chi connectivity index (χ3n) is 2.29. The number of aryl methyl sites for hydroxylation is 2. The zero-order valence-corrected chi connectivity index (χ0v) is 11.4. The highest BCUT2D eigenvalue weighted by molar-refractivity contribution is 7.13. The number of likely N-dealkylation sites (N-methyl/N-ethyl adjacent to an activating group) is 1. The van der Waals surface area contributed by atoms with Crippen LogP contribution in [0.1, 0.15) is 20.4 Å². The van der Waals surface area contributed by atoms with Gasteiger partial charge in [-0.1, -0.05) is 0 Å². The molecule has 0 bridgehead atoms. The van der Waals surface area contributed by atoms with Gasteiger partial charge in [-0.15, -0.1) is 11.3 Å². The van der Waals surface area contributed by atoms with E-state index in [1.165, 1.54) is 23.3 Å². The number of ether oxygens (including phenoxy) is 1. The van der Waals surface area contributed by atoms with Gasteiger partial charge in [0.25, 0.3) is 5.91 Å². The molecular weight excluding hydrogens is 240 g/mol. The first-order valence-corrected chi connectivity index (χ1v) is 6.13. The first-order chi connectivity index (χ1) is 7.95. The van der Waals surface area contributed by atoms with Crippen LogP contribution in [0.3, 0.4) is 0 Å². The molecule has 1 N–H and O–H groups in total. The van der Waals surface area contributed by atoms with Gasteiger partial charge in [-0.2, -0.15) is 0 Å². The zero-order valence-electron chi connectivity index (χ0n) is 10.6. The molecule has 1 amide bonds. The van der Waals surface area contributed by atoms with E-state index in [2.05, 4.69) is 4.98 Å². The van der Waals surface area contributed by atoms with Crippen molar-refractivity contribution in [2.45, 2.75) is 20.0 Å². The Labute approximate surface area is 105 Å². The van der Waals surface area contributed by atoms with E-state index in [0.717, 1.165) is 10.7 Å². The lowest BCUT2D eigenvalue weighted by Crippen LogP contribution is -2.36. The van der Waals surface area contributed by atoms with Crippen LogP contribution in [0.4, 0.5) is 0 Å². The highest BCUT2D eigenvalue weighted by Gasteiger charge is 2.19. The highest BCUT2D eigenvalue weighted by Crippen LogP contribution is 2.18. The van der Waals surface area contributed by atoms with Gasteiger partial charge in [-0.3, -0.25) is 4.79 Å². The van der Waals surface area contributed by atoms with Crippen molar-refractivity contribution in [1.82, 2.24) is 9.88 Å². The van der Waals surface area contributed by atoms with Crippen LogP contribution in [-0.2, 0) is 4.74 Å². The number of hydrogen-bond acceptors (Lipinski definition) is 5. The molecule has 0 fully saturated rings. The largest absolute Gasteiger partial charge is 0.389 e. The van der Waals surface area contributed by atoms with Crippen molar-refractivity contribution in [2.75, 3.05) is 27.3 Å². The number of nitrogens with zero attached hydrogens (tertiary/aromatic N) is 2. The van der Waals surface area contributed by atoms with Gasteiger partial charge in [0.1, 0.15) is 4.88 Å². The number of carbonyl (C=O) groups excluding carboxylic acids is 1. The summed E-state index contributed by atoms with van der Waals surface area (Å²) in [6.45, 7) is 4.16. The smallest absolute Gasteiger partial charge is 0.265 e. The average molecular weight is 258 g/mol. The first kappa shape index (κ1) is 14.1. The van der Waals surface area contributed by atoms with Crippen LogP contribution in [0.25, 0.3) is 0 Å². The van der Waals surface area contributed by atoms with E-state index in [1.54, 1.807) is 7.05 Å². The quantitative estimate of drug-likeness (QED) is 0.850. The predicted octanol–water partition coefficient (Wildman–Crippen LogP) is 0.839. The molecule has 0 aliphatic heterocycles. The molecule has 5 nitrogen and oxygen atoms in total. The van der Waals surface area contributed by atoms with Crippen LogP contribution in [0.15, 0.2) is 0 Å². The number of aliphatic hydroxyl groups is 1. The van der Waals surface area contributed by atoms with Crippen LogP contribution < -0.4 is 0 Å². The van der Waals surface area contributed by atoms with Crippen LogP contribution in [0.2, 0.25) is 0 Å². The van der Waals surface area contributed by atoms with Gasteiger partial charge >= 0.3 is 0 Å². The Morgan fingerprint density at radius 1 is 1.59 bits per heavy atom. The van der Waals surface area contributed by atoms with Crippen LogP contribution >= 0.6 is 11.3 Å². The molecule has 1 aromatic rings. The zero-order chi connectivity index (χ0) is 13.0. The highest BCUT2D eigenvalue weighted by atomic mass is 32.1. The molecule has 0 aliphatic carbocycles. The van der Waals surface area contributed by atoms with E-state index in [1.807, 2.05) is 13.8 Å². The summed E-state index contributed by atoms with van der Waals surface area (Å²) in [5, 5.41) is 10.4. The molecule has 0 aromatic carbocycles. The van der Waals surface area contributed by atoms with Crippen LogP contribution in [-0.4, -0.2) is 54.3 Å². The second-order valence-electron chi connectivity index (χ2n) is 3.94. The molecule has 0 radical (unpaired) electrons. The summed E-state index contributed by atoms with van der Waals surface area (Å²) >= 11 is 1.38. The lowest BCUT2D eigenvalue weighted by molar-refractivity contribution is 0.0382. The van der Waals surface area contributed by atoms with E-state index in [0.29, 0.717) is 4.88 Å². The van der Waals surface area contributed by atoms with Gasteiger partial charge in [0.15, 0.2) is 0 Å². The van der Waals surface area contributed by atoms with Crippen molar-refractivity contribution in [3.8, 4) is 0 Å². The van der Waals surface area contributed by atoms with Crippen molar-refractivity contribution in [2.24, 2.45) is 0 Å². The predicted molar refractivity (Wildman–Crippen MR) is 66.4 cm³/mol. The number of aromatic nitrogens is 1. The Hall–Kier alpha value is -0.980. The molecule has 17 heavy (non-hydrogen) atoms. The summed E-state index contributed by atoms with van der Waals surface area (Å²) in [4.78, 5) is 18.4. The number of aliphatic hydroxyl groups excluding tert-OH is 1. The standard InChI is InChI=1S/C11H18N2O3S/c1-7-10(17-8(2)12-7)11(15)13(3)5-9(14)6-16-4/h9,14H,5-6H2,1-4H3. The second kappa shape index (κ2) is 6.09. The number of amides is 1. The third kappa shape index (κ3) is 3.76. The molecule has 1 rings (SSSR count). The molecule has 1 atom stereocenters. The van der Waals surface area contributed by atoms with Crippen molar-refractivity contribution >= 4 is 17.2 Å². The number of hydrogen-bond donors (Lipinski definition) is 1. The minimum Gasteiger partial charge on any atom is -0.389 e. The number of carbonyl (C=O) groups is 1. The van der Waals surface area contributed by atoms with E-state index < -0.39 is 6.10 Å². The van der Waals surface area contributed by atoms with E-state index in [9.17, 15) is 9.90 Å². The molecule has 6 heteroatoms. The summed E-state index contributed by atoms with van der Waals surface area (Å²) in [7, 11) is 3.18. The van der Waals surface area contributed by atoms with Crippen molar-refractivity contribution in [3.63, 3.8) is 0 Å². The maximum absolute atomic E-state index is 12.1. The Morgan fingerprint density at radius 3 is 2.71 bits per heavy atom. The van der Waals surface area contributed by atoms with Gasteiger partial charge in [-0.05, 0) is 13.8 Å². The summed E-state index contributed by atoms with van der Waals surface area (Å²) in [5.74, 6) is -0.108. The van der Waals surface area contributed by atoms with Crippen molar-refractivity contribution in [1.29, 1.82) is 0 Å². The maximum atomic E-state index is 12.1. The molecule has 1 heterocycles. The van der Waals surface area contributed by atoms with Crippen molar-refractivity contribution in [3.05, 3.63) is 15.6 Å². The van der Waals surface area contributed by atoms with E-state index in [-0.39, 0.29) is 19.1 Å². The fraction of sp³-hybridized carbons (Fsp3) is 0.636. The van der Waals surface area contributed by atoms with Crippen LogP contribution in [0.5, 0.6) is 0 Å². The fourth-order valence-electron chi connectivity index (χ4n) is 1.55. The molecule has 1 unspecified atom stereocenters. The molecular formula is C11H18N2O3S. The van der Waals surface area contributed by atoms with Gasteiger partial charge < -0.3 is 14.7 Å². The number of methoxy groups -OCH3 is 1. The summed E-state index contributed by atoms with van der Waals surface area (Å²) in [6, 6.07) is 0. The second-order valence-corrected chi connectivity index (χ2v) is 5.15. The molecule has 0 aliphatic rings. The third-order valence-corrected chi connectivity index (χ3v) is 3.35. The molecule has 1 aromatic heterocycles. The minimum atomic E-state index is -0.664. The minimum absolute atomic E-state index is 0.108. The van der Waals surface area contributed by atoms with Crippen molar-refractivity contribution < 1.29 is 14.6 Å². The fourth-order valence-corrected chi connectivity index (χ4v) is 2.46. The van der Waals surface area contributed by atoms with Gasteiger partial charge in [-0.25, -0.2) is 4.98 Å². The topological polar surface area (TPSA) is 62.7 Å².